The third-order valence-corrected chi connectivity index (χ3v) is 5.82. The number of ether oxygens (including phenoxy) is 1. The van der Waals surface area contributed by atoms with E-state index in [1.807, 2.05) is 18.2 Å². The molecule has 7 nitrogen and oxygen atoms in total. The van der Waals surface area contributed by atoms with Gasteiger partial charge in [-0.15, -0.1) is 0 Å². The highest BCUT2D eigenvalue weighted by Crippen LogP contribution is 2.39. The maximum atomic E-state index is 13.2. The molecule has 1 heterocycles. The first kappa shape index (κ1) is 26.0. The van der Waals surface area contributed by atoms with Crippen LogP contribution in [0.3, 0.4) is 0 Å². The molecule has 3 N–H and O–H groups in total. The zero-order valence-electron chi connectivity index (χ0n) is 19.3. The largest absolute Gasteiger partial charge is 0.493 e. The number of rotatable bonds is 10. The predicted octanol–water partition coefficient (Wildman–Crippen LogP) is 4.68. The van der Waals surface area contributed by atoms with E-state index < -0.39 is 29.7 Å². The predicted molar refractivity (Wildman–Crippen MR) is 123 cm³/mol. The minimum Gasteiger partial charge on any atom is -0.493 e. The molecule has 1 aliphatic carbocycles. The Morgan fingerprint density at radius 1 is 1.37 bits per heavy atom. The number of para-hydroxylation sites is 1. The fraction of sp³-hybridized carbons (Fsp3) is 0.400. The van der Waals surface area contributed by atoms with Crippen molar-refractivity contribution in [3.8, 4) is 11.8 Å². The first-order valence-corrected chi connectivity index (χ1v) is 11.2. The van der Waals surface area contributed by atoms with Gasteiger partial charge in [-0.2, -0.15) is 18.4 Å². The Balaban J connectivity index is 1.78. The number of nitrogens with zero attached hydrogens (tertiary/aromatic N) is 3. The number of halogens is 3. The molecule has 2 atom stereocenters. The lowest BCUT2D eigenvalue weighted by Crippen LogP contribution is -2.24. The molecule has 1 aromatic heterocycles. The van der Waals surface area contributed by atoms with Crippen molar-refractivity contribution in [3.63, 3.8) is 0 Å². The fourth-order valence-corrected chi connectivity index (χ4v) is 4.08. The summed E-state index contributed by atoms with van der Waals surface area (Å²) in [6, 6.07) is 8.91. The molecule has 1 unspecified atom stereocenters. The van der Waals surface area contributed by atoms with Gasteiger partial charge in [-0.05, 0) is 36.8 Å². The molecule has 186 valence electrons. The van der Waals surface area contributed by atoms with Crippen molar-refractivity contribution in [1.82, 2.24) is 9.55 Å². The molecule has 2 aromatic rings. The Bertz CT molecular complexity index is 1160. The molecular formula is C25H27F3N4O3. The second kappa shape index (κ2) is 11.2. The summed E-state index contributed by atoms with van der Waals surface area (Å²) < 4.78 is 47.2. The van der Waals surface area contributed by atoms with E-state index in [9.17, 15) is 23.2 Å². The number of allylic oxidation sites excluding steroid dienone is 4. The number of carbonyl (C=O) groups is 1. The van der Waals surface area contributed by atoms with Gasteiger partial charge in [0.2, 0.25) is 0 Å². The van der Waals surface area contributed by atoms with Gasteiger partial charge in [0, 0.05) is 17.2 Å². The van der Waals surface area contributed by atoms with Crippen LogP contribution in [0.2, 0.25) is 0 Å². The van der Waals surface area contributed by atoms with Crippen molar-refractivity contribution in [2.24, 2.45) is 11.7 Å². The fourth-order valence-electron chi connectivity index (χ4n) is 4.08. The average Bonchev–Trinajstić information content (AvgIpc) is 3.19. The van der Waals surface area contributed by atoms with Gasteiger partial charge in [0.15, 0.2) is 0 Å². The maximum Gasteiger partial charge on any atom is 0.412 e. The van der Waals surface area contributed by atoms with Crippen LogP contribution in [0.5, 0.6) is 5.75 Å². The van der Waals surface area contributed by atoms with Crippen molar-refractivity contribution in [1.29, 1.82) is 5.26 Å². The SMILES string of the molecule is CC1CC(c2ncc(C#N)n2Cc2ccccc2OCCC[C@@H](N)CC(=O)O)=CC=C1C(F)(F)F. The van der Waals surface area contributed by atoms with Crippen LogP contribution in [-0.2, 0) is 11.3 Å². The number of carboxylic acids is 1. The normalized spacial score (nSPS) is 16.7. The minimum atomic E-state index is -4.39. The quantitative estimate of drug-likeness (QED) is 0.470. The first-order valence-electron chi connectivity index (χ1n) is 11.2. The van der Waals surface area contributed by atoms with E-state index in [4.69, 9.17) is 15.6 Å². The highest BCUT2D eigenvalue weighted by atomic mass is 19.4. The summed E-state index contributed by atoms with van der Waals surface area (Å²) in [4.78, 5) is 15.1. The standard InChI is InChI=1S/C25H27F3N4O3/c1-16-11-17(8-9-21(16)25(26,27)28)24-31-14-20(13-29)32(24)15-18-5-2-3-7-22(18)35-10-4-6-19(30)12-23(33)34/h2-3,5,7-9,14,16,19H,4,6,10-12,15,30H2,1H3,(H,33,34)/t16?,19-/m1/s1. The van der Waals surface area contributed by atoms with Crippen molar-refractivity contribution < 1.29 is 27.8 Å². The third kappa shape index (κ3) is 6.73. The number of alkyl halides is 3. The Hall–Kier alpha value is -3.58. The molecule has 35 heavy (non-hydrogen) atoms. The Morgan fingerprint density at radius 3 is 2.77 bits per heavy atom. The Morgan fingerprint density at radius 2 is 2.11 bits per heavy atom. The van der Waals surface area contributed by atoms with Crippen LogP contribution in [0.1, 0.15) is 49.7 Å². The van der Waals surface area contributed by atoms with E-state index in [2.05, 4.69) is 11.1 Å². The van der Waals surface area contributed by atoms with E-state index in [-0.39, 0.29) is 25.1 Å². The Labute approximate surface area is 201 Å². The average molecular weight is 489 g/mol. The summed E-state index contributed by atoms with van der Waals surface area (Å²) in [6.07, 6.45) is 0.651. The van der Waals surface area contributed by atoms with E-state index in [1.54, 1.807) is 10.6 Å². The van der Waals surface area contributed by atoms with E-state index in [0.717, 1.165) is 11.6 Å². The van der Waals surface area contributed by atoms with Crippen molar-refractivity contribution in [3.05, 3.63) is 65.3 Å². The van der Waals surface area contributed by atoms with E-state index in [1.165, 1.54) is 19.2 Å². The number of carboxylic acid groups (broad SMARTS) is 1. The summed E-state index contributed by atoms with van der Waals surface area (Å²) in [7, 11) is 0. The van der Waals surface area contributed by atoms with Crippen LogP contribution in [-0.4, -0.2) is 39.5 Å². The number of hydrogen-bond donors (Lipinski definition) is 2. The number of nitrogens with two attached hydrogens (primary N) is 1. The van der Waals surface area contributed by atoms with Gasteiger partial charge in [0.05, 0.1) is 25.8 Å². The van der Waals surface area contributed by atoms with Crippen LogP contribution < -0.4 is 10.5 Å². The summed E-state index contributed by atoms with van der Waals surface area (Å²) >= 11 is 0. The van der Waals surface area contributed by atoms with Crippen LogP contribution in [0.15, 0.2) is 48.2 Å². The lowest BCUT2D eigenvalue weighted by molar-refractivity contribution is -0.137. The molecule has 0 saturated heterocycles. The highest BCUT2D eigenvalue weighted by Gasteiger charge is 2.38. The number of aromatic nitrogens is 2. The van der Waals surface area contributed by atoms with Gasteiger partial charge >= 0.3 is 12.1 Å². The molecular weight excluding hydrogens is 461 g/mol. The van der Waals surface area contributed by atoms with E-state index >= 15 is 0 Å². The van der Waals surface area contributed by atoms with Crippen LogP contribution in [0.25, 0.3) is 5.57 Å². The zero-order chi connectivity index (χ0) is 25.6. The van der Waals surface area contributed by atoms with Crippen molar-refractivity contribution in [2.75, 3.05) is 6.61 Å². The number of benzene rings is 1. The molecule has 0 amide bonds. The van der Waals surface area contributed by atoms with Gasteiger partial charge < -0.3 is 20.1 Å². The number of aliphatic carboxylic acids is 1. The highest BCUT2D eigenvalue weighted by molar-refractivity contribution is 5.67. The van der Waals surface area contributed by atoms with Crippen LogP contribution >= 0.6 is 0 Å². The monoisotopic (exact) mass is 488 g/mol. The zero-order valence-corrected chi connectivity index (χ0v) is 19.3. The summed E-state index contributed by atoms with van der Waals surface area (Å²) in [5, 5.41) is 18.4. The van der Waals surface area contributed by atoms with Crippen LogP contribution in [0.4, 0.5) is 13.2 Å². The Kier molecular flexibility index (Phi) is 8.35. The first-order chi connectivity index (χ1) is 16.6. The molecule has 0 spiro atoms. The molecule has 0 radical (unpaired) electrons. The lowest BCUT2D eigenvalue weighted by atomic mass is 9.87. The van der Waals surface area contributed by atoms with Gasteiger partial charge in [0.25, 0.3) is 0 Å². The van der Waals surface area contributed by atoms with E-state index in [0.29, 0.717) is 36.6 Å². The van der Waals surface area contributed by atoms with Gasteiger partial charge in [-0.25, -0.2) is 4.98 Å². The summed E-state index contributed by atoms with van der Waals surface area (Å²) in [5.74, 6) is -0.636. The maximum absolute atomic E-state index is 13.2. The second-order valence-electron chi connectivity index (χ2n) is 8.54. The van der Waals surface area contributed by atoms with Gasteiger partial charge in [-0.3, -0.25) is 4.79 Å². The van der Waals surface area contributed by atoms with Crippen molar-refractivity contribution in [2.45, 2.75) is 51.4 Å². The lowest BCUT2D eigenvalue weighted by Gasteiger charge is -2.24. The third-order valence-electron chi connectivity index (χ3n) is 5.82. The number of hydrogen-bond acceptors (Lipinski definition) is 5. The van der Waals surface area contributed by atoms with Crippen LogP contribution in [0, 0.1) is 17.2 Å². The smallest absolute Gasteiger partial charge is 0.412 e. The molecule has 1 aromatic carbocycles. The second-order valence-corrected chi connectivity index (χ2v) is 8.54. The summed E-state index contributed by atoms with van der Waals surface area (Å²) in [5.41, 5.74) is 6.89. The summed E-state index contributed by atoms with van der Waals surface area (Å²) in [6.45, 7) is 2.10. The minimum absolute atomic E-state index is 0.106. The van der Waals surface area contributed by atoms with Crippen molar-refractivity contribution >= 4 is 11.5 Å². The topological polar surface area (TPSA) is 114 Å². The van der Waals surface area contributed by atoms with Gasteiger partial charge in [0.1, 0.15) is 23.3 Å². The molecule has 0 saturated carbocycles. The molecule has 3 rings (SSSR count). The van der Waals surface area contributed by atoms with Gasteiger partial charge in [-0.1, -0.05) is 37.3 Å². The number of imidazole rings is 1. The molecule has 1 aliphatic rings. The molecule has 0 fully saturated rings. The number of nitriles is 1. The molecule has 0 bridgehead atoms. The molecule has 0 aliphatic heterocycles. The molecule has 10 heteroatoms.